The lowest BCUT2D eigenvalue weighted by Crippen LogP contribution is -1.82. The van der Waals surface area contributed by atoms with Crippen molar-refractivity contribution in [1.29, 1.82) is 0 Å². The highest BCUT2D eigenvalue weighted by Crippen LogP contribution is 2.13. The van der Waals surface area contributed by atoms with Crippen LogP contribution < -0.4 is 5.73 Å². The molecule has 2 aromatic heterocycles. The summed E-state index contributed by atoms with van der Waals surface area (Å²) < 4.78 is 0. The van der Waals surface area contributed by atoms with Gasteiger partial charge in [0.25, 0.3) is 0 Å². The predicted octanol–water partition coefficient (Wildman–Crippen LogP) is 0.339. The smallest absolute Gasteiger partial charge is 0.199 e. The molecule has 0 aromatic carbocycles. The third kappa shape index (κ3) is 1.37. The molecule has 13 heavy (non-hydrogen) atoms. The van der Waals surface area contributed by atoms with Crippen molar-refractivity contribution in [1.82, 2.24) is 25.4 Å². The second-order valence-electron chi connectivity index (χ2n) is 2.67. The Hall–Kier alpha value is -1.85. The lowest BCUT2D eigenvalue weighted by molar-refractivity contribution is 0.946. The highest BCUT2D eigenvalue weighted by Gasteiger charge is 2.06. The molecule has 0 spiro atoms. The summed E-state index contributed by atoms with van der Waals surface area (Å²) in [4.78, 5) is 4.22. The SMILES string of the molecule is CCc1nc(-c2cc(N)n[nH]2)n[nH]1. The minimum absolute atomic E-state index is 0.442. The van der Waals surface area contributed by atoms with Gasteiger partial charge >= 0.3 is 0 Å². The van der Waals surface area contributed by atoms with E-state index in [2.05, 4.69) is 25.4 Å². The molecule has 0 amide bonds. The molecule has 2 heterocycles. The van der Waals surface area contributed by atoms with Crippen LogP contribution in [0.1, 0.15) is 12.7 Å². The van der Waals surface area contributed by atoms with Crippen molar-refractivity contribution >= 4 is 5.82 Å². The summed E-state index contributed by atoms with van der Waals surface area (Å²) in [7, 11) is 0. The minimum Gasteiger partial charge on any atom is -0.382 e. The van der Waals surface area contributed by atoms with Gasteiger partial charge in [0, 0.05) is 12.5 Å². The van der Waals surface area contributed by atoms with Gasteiger partial charge in [0.15, 0.2) is 5.82 Å². The van der Waals surface area contributed by atoms with E-state index in [0.29, 0.717) is 11.6 Å². The number of anilines is 1. The fourth-order valence-corrected chi connectivity index (χ4v) is 1.03. The van der Waals surface area contributed by atoms with Gasteiger partial charge in [-0.15, -0.1) is 0 Å². The maximum absolute atomic E-state index is 5.45. The molecule has 0 fully saturated rings. The van der Waals surface area contributed by atoms with Crippen LogP contribution in [0.15, 0.2) is 6.07 Å². The van der Waals surface area contributed by atoms with E-state index in [1.165, 1.54) is 0 Å². The summed E-state index contributed by atoms with van der Waals surface area (Å²) in [6.07, 6.45) is 0.830. The zero-order valence-corrected chi connectivity index (χ0v) is 7.20. The Balaban J connectivity index is 2.35. The molecule has 68 valence electrons. The number of rotatable bonds is 2. The number of nitrogens with zero attached hydrogens (tertiary/aromatic N) is 3. The number of aromatic nitrogens is 5. The van der Waals surface area contributed by atoms with Gasteiger partial charge in [-0.25, -0.2) is 4.98 Å². The van der Waals surface area contributed by atoms with Gasteiger partial charge in [-0.3, -0.25) is 10.2 Å². The number of hydrogen-bond acceptors (Lipinski definition) is 4. The van der Waals surface area contributed by atoms with Crippen molar-refractivity contribution in [3.63, 3.8) is 0 Å². The van der Waals surface area contributed by atoms with Crippen LogP contribution in [0.25, 0.3) is 11.5 Å². The van der Waals surface area contributed by atoms with Gasteiger partial charge < -0.3 is 5.73 Å². The van der Waals surface area contributed by atoms with E-state index >= 15 is 0 Å². The molecule has 2 rings (SSSR count). The summed E-state index contributed by atoms with van der Waals surface area (Å²) in [6.45, 7) is 2.01. The normalized spacial score (nSPS) is 10.5. The number of aryl methyl sites for hydroxylation is 1. The molecule has 0 aliphatic carbocycles. The van der Waals surface area contributed by atoms with Crippen molar-refractivity contribution in [3.8, 4) is 11.5 Å². The minimum atomic E-state index is 0.442. The monoisotopic (exact) mass is 178 g/mol. The molecule has 0 aliphatic heterocycles. The van der Waals surface area contributed by atoms with Crippen LogP contribution in [0.4, 0.5) is 5.82 Å². The number of nitrogens with one attached hydrogen (secondary N) is 2. The molecular formula is C7H10N6. The highest BCUT2D eigenvalue weighted by molar-refractivity contribution is 5.53. The number of nitrogens with two attached hydrogens (primary N) is 1. The summed E-state index contributed by atoms with van der Waals surface area (Å²) in [5, 5.41) is 13.3. The summed E-state index contributed by atoms with van der Waals surface area (Å²) in [5.74, 6) is 1.89. The lowest BCUT2D eigenvalue weighted by Gasteiger charge is -1.84. The molecule has 6 heteroatoms. The Morgan fingerprint density at radius 1 is 1.38 bits per heavy atom. The molecule has 0 saturated carbocycles. The molecule has 2 aromatic rings. The highest BCUT2D eigenvalue weighted by atomic mass is 15.2. The molecular weight excluding hydrogens is 168 g/mol. The molecule has 0 bridgehead atoms. The standard InChI is InChI=1S/C7H10N6/c1-2-6-9-7(13-12-6)4-3-5(8)11-10-4/h3H,2H2,1H3,(H3,8,10,11)(H,9,12,13). The zero-order chi connectivity index (χ0) is 9.26. The molecule has 0 saturated heterocycles. The van der Waals surface area contributed by atoms with Gasteiger partial charge in [-0.05, 0) is 0 Å². The molecule has 4 N–H and O–H groups in total. The van der Waals surface area contributed by atoms with Crippen molar-refractivity contribution in [2.24, 2.45) is 0 Å². The number of hydrogen-bond donors (Lipinski definition) is 3. The van der Waals surface area contributed by atoms with Crippen LogP contribution in [-0.4, -0.2) is 25.4 Å². The topological polar surface area (TPSA) is 96.3 Å². The Morgan fingerprint density at radius 3 is 2.77 bits per heavy atom. The summed E-state index contributed by atoms with van der Waals surface area (Å²) in [6, 6.07) is 1.70. The zero-order valence-electron chi connectivity index (χ0n) is 7.20. The quantitative estimate of drug-likeness (QED) is 0.617. The first kappa shape index (κ1) is 7.78. The maximum atomic E-state index is 5.45. The maximum Gasteiger partial charge on any atom is 0.199 e. The first-order valence-electron chi connectivity index (χ1n) is 4.02. The summed E-state index contributed by atoms with van der Waals surface area (Å²) >= 11 is 0. The first-order valence-corrected chi connectivity index (χ1v) is 4.02. The van der Waals surface area contributed by atoms with Crippen molar-refractivity contribution in [2.75, 3.05) is 5.73 Å². The number of H-pyrrole nitrogens is 2. The fraction of sp³-hybridized carbons (Fsp3) is 0.286. The van der Waals surface area contributed by atoms with E-state index in [1.54, 1.807) is 6.07 Å². The van der Waals surface area contributed by atoms with E-state index in [4.69, 9.17) is 5.73 Å². The number of nitrogen functional groups attached to an aromatic ring is 1. The number of aromatic amines is 2. The van der Waals surface area contributed by atoms with E-state index in [0.717, 1.165) is 17.9 Å². The van der Waals surface area contributed by atoms with Crippen molar-refractivity contribution in [3.05, 3.63) is 11.9 Å². The molecule has 0 atom stereocenters. The third-order valence-electron chi connectivity index (χ3n) is 1.71. The second kappa shape index (κ2) is 2.89. The van der Waals surface area contributed by atoms with Gasteiger partial charge in [-0.1, -0.05) is 6.92 Å². The van der Waals surface area contributed by atoms with Crippen LogP contribution in [0.2, 0.25) is 0 Å². The van der Waals surface area contributed by atoms with Crippen LogP contribution in [0.3, 0.4) is 0 Å². The van der Waals surface area contributed by atoms with E-state index < -0.39 is 0 Å². The van der Waals surface area contributed by atoms with Crippen LogP contribution >= 0.6 is 0 Å². The predicted molar refractivity (Wildman–Crippen MR) is 47.8 cm³/mol. The van der Waals surface area contributed by atoms with Crippen LogP contribution in [0.5, 0.6) is 0 Å². The van der Waals surface area contributed by atoms with E-state index in [9.17, 15) is 0 Å². The third-order valence-corrected chi connectivity index (χ3v) is 1.71. The van der Waals surface area contributed by atoms with Gasteiger partial charge in [0.1, 0.15) is 17.3 Å². The van der Waals surface area contributed by atoms with Gasteiger partial charge in [0.05, 0.1) is 0 Å². The van der Waals surface area contributed by atoms with Crippen LogP contribution in [0, 0.1) is 0 Å². The largest absolute Gasteiger partial charge is 0.382 e. The van der Waals surface area contributed by atoms with Crippen molar-refractivity contribution < 1.29 is 0 Å². The Morgan fingerprint density at radius 2 is 2.23 bits per heavy atom. The Kier molecular flexibility index (Phi) is 1.73. The molecule has 0 radical (unpaired) electrons. The lowest BCUT2D eigenvalue weighted by atomic mass is 10.4. The van der Waals surface area contributed by atoms with E-state index in [1.807, 2.05) is 6.92 Å². The van der Waals surface area contributed by atoms with Gasteiger partial charge in [0.2, 0.25) is 0 Å². The Labute approximate surface area is 74.6 Å². The second-order valence-corrected chi connectivity index (χ2v) is 2.67. The Bertz CT molecular complexity index is 401. The first-order chi connectivity index (χ1) is 6.29. The molecule has 0 unspecified atom stereocenters. The van der Waals surface area contributed by atoms with Gasteiger partial charge in [-0.2, -0.15) is 10.2 Å². The summed E-state index contributed by atoms with van der Waals surface area (Å²) in [5.41, 5.74) is 6.18. The van der Waals surface area contributed by atoms with E-state index in [-0.39, 0.29) is 0 Å². The molecule has 6 nitrogen and oxygen atoms in total. The van der Waals surface area contributed by atoms with Crippen molar-refractivity contribution in [2.45, 2.75) is 13.3 Å². The van der Waals surface area contributed by atoms with Crippen LogP contribution in [-0.2, 0) is 6.42 Å². The fourth-order valence-electron chi connectivity index (χ4n) is 1.03. The average molecular weight is 178 g/mol. The average Bonchev–Trinajstić information content (AvgIpc) is 2.71. The molecule has 0 aliphatic rings.